The topological polar surface area (TPSA) is 55.9 Å². The first kappa shape index (κ1) is 20.0. The van der Waals surface area contributed by atoms with Crippen LogP contribution in [0.3, 0.4) is 0 Å². The predicted octanol–water partition coefficient (Wildman–Crippen LogP) is 5.53. The third kappa shape index (κ3) is 3.74. The summed E-state index contributed by atoms with van der Waals surface area (Å²) in [5.74, 6) is 1.62. The maximum absolute atomic E-state index is 11.0. The second-order valence-corrected chi connectivity index (χ2v) is 10.4. The number of aliphatic hydroxyl groups is 1. The summed E-state index contributed by atoms with van der Waals surface area (Å²) in [6.07, 6.45) is 2.72. The summed E-state index contributed by atoms with van der Waals surface area (Å²) in [7, 11) is 0. The molecule has 5 aromatic rings. The van der Waals surface area contributed by atoms with E-state index in [2.05, 4.69) is 85.4 Å². The van der Waals surface area contributed by atoms with Crippen molar-refractivity contribution in [2.45, 2.75) is 43.1 Å². The number of benzene rings is 2. The number of hydrogen-bond donors (Lipinski definition) is 1. The highest BCUT2D eigenvalue weighted by atomic mass is 32.2. The number of thiophene rings is 1. The standard InChI is InChI=1S/C25H24N4OS2/c30-18(15-28-22-9-3-1-7-20(22)21-8-2-4-10-23(21)28)16-32-25-27-26-24(29(25)17-11-12-17)14-19-6-5-13-31-19/h1-10,13,17-18,30H,11-12,14-16H2. The van der Waals surface area contributed by atoms with Crippen LogP contribution in [0, 0.1) is 0 Å². The predicted molar refractivity (Wildman–Crippen MR) is 132 cm³/mol. The Morgan fingerprint density at radius 2 is 1.69 bits per heavy atom. The molecule has 0 bridgehead atoms. The van der Waals surface area contributed by atoms with Gasteiger partial charge in [-0.05, 0) is 36.4 Å². The molecular weight excluding hydrogens is 436 g/mol. The molecule has 0 spiro atoms. The van der Waals surface area contributed by atoms with Gasteiger partial charge in [-0.1, -0.05) is 54.2 Å². The molecule has 5 nitrogen and oxygen atoms in total. The molecule has 7 heteroatoms. The van der Waals surface area contributed by atoms with Crippen molar-refractivity contribution in [2.24, 2.45) is 0 Å². The Kier molecular flexibility index (Phi) is 5.25. The number of fused-ring (bicyclic) bond motifs is 3. The molecule has 32 heavy (non-hydrogen) atoms. The van der Waals surface area contributed by atoms with Crippen molar-refractivity contribution in [3.05, 3.63) is 76.7 Å². The Bertz CT molecular complexity index is 1310. The van der Waals surface area contributed by atoms with E-state index in [0.717, 1.165) is 28.4 Å². The molecule has 0 amide bonds. The Morgan fingerprint density at radius 1 is 0.969 bits per heavy atom. The van der Waals surface area contributed by atoms with E-state index in [0.29, 0.717) is 18.3 Å². The summed E-state index contributed by atoms with van der Waals surface area (Å²) in [6.45, 7) is 0.556. The maximum atomic E-state index is 11.0. The van der Waals surface area contributed by atoms with Crippen molar-refractivity contribution >= 4 is 44.9 Å². The zero-order valence-electron chi connectivity index (χ0n) is 17.6. The maximum Gasteiger partial charge on any atom is 0.191 e. The van der Waals surface area contributed by atoms with Crippen LogP contribution in [0.25, 0.3) is 21.8 Å². The van der Waals surface area contributed by atoms with Crippen LogP contribution in [-0.2, 0) is 13.0 Å². The smallest absolute Gasteiger partial charge is 0.191 e. The van der Waals surface area contributed by atoms with E-state index in [4.69, 9.17) is 0 Å². The van der Waals surface area contributed by atoms with Crippen LogP contribution in [0.2, 0.25) is 0 Å². The number of aromatic nitrogens is 4. The molecule has 1 saturated carbocycles. The van der Waals surface area contributed by atoms with E-state index < -0.39 is 6.10 Å². The van der Waals surface area contributed by atoms with E-state index in [9.17, 15) is 5.11 Å². The van der Waals surface area contributed by atoms with Gasteiger partial charge in [0.25, 0.3) is 0 Å². The second kappa shape index (κ2) is 8.39. The van der Waals surface area contributed by atoms with Gasteiger partial charge in [-0.15, -0.1) is 21.5 Å². The molecule has 1 atom stereocenters. The zero-order chi connectivity index (χ0) is 21.5. The average Bonchev–Trinajstić information content (AvgIpc) is 3.24. The quantitative estimate of drug-likeness (QED) is 0.310. The molecule has 3 aromatic heterocycles. The first-order valence-corrected chi connectivity index (χ1v) is 12.9. The van der Waals surface area contributed by atoms with Gasteiger partial charge in [-0.2, -0.15) is 0 Å². The van der Waals surface area contributed by atoms with Gasteiger partial charge in [0.2, 0.25) is 0 Å². The number of nitrogens with zero attached hydrogens (tertiary/aromatic N) is 4. The normalized spacial score (nSPS) is 15.0. The Morgan fingerprint density at radius 3 is 2.34 bits per heavy atom. The second-order valence-electron chi connectivity index (χ2n) is 8.37. The van der Waals surface area contributed by atoms with E-state index in [1.807, 2.05) is 0 Å². The van der Waals surface area contributed by atoms with Gasteiger partial charge >= 0.3 is 0 Å². The van der Waals surface area contributed by atoms with Crippen LogP contribution in [-0.4, -0.2) is 36.3 Å². The molecule has 1 unspecified atom stereocenters. The first-order chi connectivity index (χ1) is 15.8. The number of rotatable bonds is 8. The van der Waals surface area contributed by atoms with Crippen molar-refractivity contribution in [3.63, 3.8) is 0 Å². The van der Waals surface area contributed by atoms with E-state index in [1.54, 1.807) is 23.1 Å². The van der Waals surface area contributed by atoms with Crippen LogP contribution >= 0.6 is 23.1 Å². The van der Waals surface area contributed by atoms with Crippen LogP contribution in [0.15, 0.2) is 71.2 Å². The number of aliphatic hydroxyl groups excluding tert-OH is 1. The molecule has 1 fully saturated rings. The fraction of sp³-hybridized carbons (Fsp3) is 0.280. The number of thioether (sulfide) groups is 1. The molecule has 2 aromatic carbocycles. The van der Waals surface area contributed by atoms with Gasteiger partial charge in [0.05, 0.1) is 12.6 Å². The summed E-state index contributed by atoms with van der Waals surface area (Å²) in [6, 6.07) is 21.6. The van der Waals surface area contributed by atoms with Crippen LogP contribution in [0.1, 0.15) is 29.6 Å². The highest BCUT2D eigenvalue weighted by Gasteiger charge is 2.30. The molecule has 0 radical (unpaired) electrons. The third-order valence-electron chi connectivity index (χ3n) is 6.04. The molecule has 162 valence electrons. The summed E-state index contributed by atoms with van der Waals surface area (Å²) in [5.41, 5.74) is 2.33. The minimum absolute atomic E-state index is 0.482. The molecule has 3 heterocycles. The van der Waals surface area contributed by atoms with Crippen LogP contribution in [0.4, 0.5) is 0 Å². The summed E-state index contributed by atoms with van der Waals surface area (Å²) in [5, 5.41) is 25.5. The third-order valence-corrected chi connectivity index (χ3v) is 8.00. The van der Waals surface area contributed by atoms with Crippen LogP contribution in [0.5, 0.6) is 0 Å². The lowest BCUT2D eigenvalue weighted by Crippen LogP contribution is -2.18. The van der Waals surface area contributed by atoms with Gasteiger partial charge in [0.15, 0.2) is 5.16 Å². The summed E-state index contributed by atoms with van der Waals surface area (Å²) in [4.78, 5) is 1.31. The van der Waals surface area contributed by atoms with Gasteiger partial charge in [0, 0.05) is 44.9 Å². The molecular formula is C25H24N4OS2. The van der Waals surface area contributed by atoms with Crippen molar-refractivity contribution < 1.29 is 5.11 Å². The number of hydrogen-bond acceptors (Lipinski definition) is 5. The molecule has 0 saturated heterocycles. The molecule has 1 aliphatic carbocycles. The molecule has 1 N–H and O–H groups in total. The fourth-order valence-corrected chi connectivity index (χ4v) is 6.07. The van der Waals surface area contributed by atoms with Gasteiger partial charge in [-0.3, -0.25) is 0 Å². The van der Waals surface area contributed by atoms with Crippen molar-refractivity contribution in [1.29, 1.82) is 0 Å². The van der Waals surface area contributed by atoms with E-state index >= 15 is 0 Å². The van der Waals surface area contributed by atoms with Crippen molar-refractivity contribution in [2.75, 3.05) is 5.75 Å². The number of para-hydroxylation sites is 2. The van der Waals surface area contributed by atoms with Gasteiger partial charge < -0.3 is 14.2 Å². The monoisotopic (exact) mass is 460 g/mol. The Balaban J connectivity index is 1.21. The molecule has 1 aliphatic rings. The van der Waals surface area contributed by atoms with Crippen molar-refractivity contribution in [1.82, 2.24) is 19.3 Å². The summed E-state index contributed by atoms with van der Waals surface area (Å²) < 4.78 is 4.54. The summed E-state index contributed by atoms with van der Waals surface area (Å²) >= 11 is 3.38. The van der Waals surface area contributed by atoms with Gasteiger partial charge in [0.1, 0.15) is 5.82 Å². The van der Waals surface area contributed by atoms with E-state index in [-0.39, 0.29) is 0 Å². The fourth-order valence-electron chi connectivity index (χ4n) is 4.43. The average molecular weight is 461 g/mol. The Labute approximate surface area is 194 Å². The molecule has 6 rings (SSSR count). The van der Waals surface area contributed by atoms with E-state index in [1.165, 1.54) is 28.5 Å². The largest absolute Gasteiger partial charge is 0.390 e. The minimum Gasteiger partial charge on any atom is -0.390 e. The van der Waals surface area contributed by atoms with Gasteiger partial charge in [-0.25, -0.2) is 0 Å². The first-order valence-electron chi connectivity index (χ1n) is 11.0. The highest BCUT2D eigenvalue weighted by molar-refractivity contribution is 7.99. The molecule has 0 aliphatic heterocycles. The zero-order valence-corrected chi connectivity index (χ0v) is 19.2. The lowest BCUT2D eigenvalue weighted by Gasteiger charge is -2.14. The lowest BCUT2D eigenvalue weighted by atomic mass is 10.2. The Hall–Kier alpha value is -2.61. The lowest BCUT2D eigenvalue weighted by molar-refractivity contribution is 0.181. The minimum atomic E-state index is -0.482. The van der Waals surface area contributed by atoms with Crippen molar-refractivity contribution in [3.8, 4) is 0 Å². The van der Waals surface area contributed by atoms with Crippen LogP contribution < -0.4 is 0 Å². The SMILES string of the molecule is OC(CSc1nnc(Cc2cccs2)n1C1CC1)Cn1c2ccccc2c2ccccc21. The highest BCUT2D eigenvalue weighted by Crippen LogP contribution is 2.39.